The topological polar surface area (TPSA) is 58.9 Å². The minimum absolute atomic E-state index is 0.0326. The van der Waals surface area contributed by atoms with Gasteiger partial charge in [0.2, 0.25) is 0 Å². The molecule has 5 heteroatoms. The fraction of sp³-hybridized carbons (Fsp3) is 1.00. The van der Waals surface area contributed by atoms with Gasteiger partial charge in [0.15, 0.2) is 14.1 Å². The Kier molecular flexibility index (Phi) is 8.21. The number of aliphatic hydroxyl groups excluding tert-OH is 1. The van der Waals surface area contributed by atoms with E-state index in [0.717, 1.165) is 25.9 Å². The Morgan fingerprint density at radius 3 is 2.04 bits per heavy atom. The van der Waals surface area contributed by atoms with E-state index >= 15 is 0 Å². The van der Waals surface area contributed by atoms with Gasteiger partial charge in [-0.05, 0) is 29.5 Å². The quantitative estimate of drug-likeness (QED) is 0.318. The highest BCUT2D eigenvalue weighted by Gasteiger charge is 2.53. The van der Waals surface area contributed by atoms with Crippen LogP contribution in [0, 0.1) is 5.92 Å². The van der Waals surface area contributed by atoms with E-state index in [1.807, 2.05) is 0 Å². The lowest BCUT2D eigenvalue weighted by atomic mass is 10.2. The third-order valence-electron chi connectivity index (χ3n) is 5.47. The van der Waals surface area contributed by atoms with Crippen LogP contribution in [0.15, 0.2) is 0 Å². The molecule has 2 atom stereocenters. The van der Waals surface area contributed by atoms with Crippen LogP contribution in [-0.4, -0.2) is 44.1 Å². The molecular formula is C18H38O4Si. The number of unbranched alkanes of at least 4 members (excludes halogenated alkanes) is 1. The van der Waals surface area contributed by atoms with Crippen molar-refractivity contribution in [1.29, 1.82) is 0 Å². The molecule has 23 heavy (non-hydrogen) atoms. The van der Waals surface area contributed by atoms with E-state index < -0.39 is 14.1 Å². The van der Waals surface area contributed by atoms with E-state index in [9.17, 15) is 5.11 Å². The first-order valence-electron chi connectivity index (χ1n) is 9.31. The summed E-state index contributed by atoms with van der Waals surface area (Å²) in [6.45, 7) is 14.9. The highest BCUT2D eigenvalue weighted by atomic mass is 28.4. The zero-order valence-electron chi connectivity index (χ0n) is 16.0. The van der Waals surface area contributed by atoms with E-state index in [1.165, 1.54) is 0 Å². The summed E-state index contributed by atoms with van der Waals surface area (Å²) in [6.07, 6.45) is 3.79. The van der Waals surface area contributed by atoms with Crippen LogP contribution in [0.3, 0.4) is 0 Å². The van der Waals surface area contributed by atoms with Crippen LogP contribution in [0.1, 0.15) is 67.2 Å². The maximum atomic E-state index is 10.1. The van der Waals surface area contributed by atoms with Crippen LogP contribution in [0.2, 0.25) is 16.6 Å². The lowest BCUT2D eigenvalue weighted by Crippen LogP contribution is -2.47. The van der Waals surface area contributed by atoms with Gasteiger partial charge in [0.25, 0.3) is 0 Å². The van der Waals surface area contributed by atoms with Gasteiger partial charge in [0, 0.05) is 18.9 Å². The Hall–Kier alpha value is 0.0569. The van der Waals surface area contributed by atoms with Gasteiger partial charge in [0.05, 0.1) is 13.2 Å². The summed E-state index contributed by atoms with van der Waals surface area (Å²) < 4.78 is 11.8. The van der Waals surface area contributed by atoms with Crippen molar-refractivity contribution in [3.05, 3.63) is 0 Å². The average Bonchev–Trinajstić information content (AvgIpc) is 3.10. The molecule has 0 aromatic heterocycles. The Balaban J connectivity index is 2.31. The highest BCUT2D eigenvalue weighted by molar-refractivity contribution is 6.77. The summed E-state index contributed by atoms with van der Waals surface area (Å²) in [5.41, 5.74) is 1.88. The molecule has 138 valence electrons. The molecule has 1 unspecified atom stereocenters. The SMILES string of the molecule is CC(C)[Si](OCCCCC1C[C@@]1(O)OCCO)(C(C)C)C(C)C. The molecule has 0 heterocycles. The van der Waals surface area contributed by atoms with Gasteiger partial charge < -0.3 is 19.4 Å². The van der Waals surface area contributed by atoms with Gasteiger partial charge in [0.1, 0.15) is 0 Å². The molecule has 0 aliphatic heterocycles. The fourth-order valence-electron chi connectivity index (χ4n) is 4.26. The third-order valence-corrected chi connectivity index (χ3v) is 11.6. The van der Waals surface area contributed by atoms with Crippen LogP contribution in [0.5, 0.6) is 0 Å². The number of aliphatic hydroxyl groups is 2. The van der Waals surface area contributed by atoms with Gasteiger partial charge in [-0.1, -0.05) is 48.0 Å². The second-order valence-corrected chi connectivity index (χ2v) is 13.4. The summed E-state index contributed by atoms with van der Waals surface area (Å²) >= 11 is 0. The first-order chi connectivity index (χ1) is 10.7. The van der Waals surface area contributed by atoms with Crippen LogP contribution >= 0.6 is 0 Å². The molecule has 4 nitrogen and oxygen atoms in total. The summed E-state index contributed by atoms with van der Waals surface area (Å²) in [6, 6.07) is 0. The van der Waals surface area contributed by atoms with Crippen molar-refractivity contribution in [2.24, 2.45) is 5.92 Å². The maximum absolute atomic E-state index is 10.1. The van der Waals surface area contributed by atoms with Gasteiger partial charge >= 0.3 is 0 Å². The van der Waals surface area contributed by atoms with Gasteiger partial charge in [-0.2, -0.15) is 0 Å². The second-order valence-electron chi connectivity index (χ2n) is 7.98. The monoisotopic (exact) mass is 346 g/mol. The van der Waals surface area contributed by atoms with E-state index in [4.69, 9.17) is 14.3 Å². The van der Waals surface area contributed by atoms with Crippen molar-refractivity contribution in [1.82, 2.24) is 0 Å². The minimum Gasteiger partial charge on any atom is -0.416 e. The molecule has 0 amide bonds. The first kappa shape index (κ1) is 21.1. The molecule has 1 aliphatic rings. The average molecular weight is 347 g/mol. The Bertz CT molecular complexity index is 324. The maximum Gasteiger partial charge on any atom is 0.200 e. The van der Waals surface area contributed by atoms with Crippen molar-refractivity contribution in [2.75, 3.05) is 19.8 Å². The van der Waals surface area contributed by atoms with Crippen molar-refractivity contribution in [3.8, 4) is 0 Å². The van der Waals surface area contributed by atoms with Crippen LogP contribution in [-0.2, 0) is 9.16 Å². The number of hydrogen-bond acceptors (Lipinski definition) is 4. The molecule has 1 aliphatic carbocycles. The van der Waals surface area contributed by atoms with Gasteiger partial charge in [-0.15, -0.1) is 0 Å². The van der Waals surface area contributed by atoms with Crippen molar-refractivity contribution >= 4 is 8.32 Å². The van der Waals surface area contributed by atoms with Crippen LogP contribution in [0.25, 0.3) is 0 Å². The zero-order valence-corrected chi connectivity index (χ0v) is 17.0. The summed E-state index contributed by atoms with van der Waals surface area (Å²) in [4.78, 5) is 0. The highest BCUT2D eigenvalue weighted by Crippen LogP contribution is 2.47. The molecule has 0 saturated heterocycles. The Labute approximate surface area is 143 Å². The molecule has 0 spiro atoms. The predicted octanol–water partition coefficient (Wildman–Crippen LogP) is 4.07. The molecule has 0 aromatic rings. The Morgan fingerprint density at radius 1 is 1.00 bits per heavy atom. The van der Waals surface area contributed by atoms with Crippen LogP contribution in [0.4, 0.5) is 0 Å². The number of ether oxygens (including phenoxy) is 1. The summed E-state index contributed by atoms with van der Waals surface area (Å²) in [5, 5.41) is 18.8. The molecule has 0 bridgehead atoms. The smallest absolute Gasteiger partial charge is 0.200 e. The van der Waals surface area contributed by atoms with E-state index in [0.29, 0.717) is 23.0 Å². The zero-order chi connectivity index (χ0) is 17.7. The molecule has 1 rings (SSSR count). The van der Waals surface area contributed by atoms with E-state index in [-0.39, 0.29) is 19.1 Å². The Morgan fingerprint density at radius 2 is 1.57 bits per heavy atom. The lowest BCUT2D eigenvalue weighted by molar-refractivity contribution is -0.143. The molecule has 1 saturated carbocycles. The van der Waals surface area contributed by atoms with Crippen molar-refractivity contribution in [3.63, 3.8) is 0 Å². The summed E-state index contributed by atoms with van der Waals surface area (Å²) in [7, 11) is -1.74. The van der Waals surface area contributed by atoms with E-state index in [2.05, 4.69) is 41.5 Å². The van der Waals surface area contributed by atoms with Crippen molar-refractivity contribution < 1.29 is 19.4 Å². The number of rotatable bonds is 12. The minimum atomic E-state index is -1.74. The third kappa shape index (κ3) is 5.26. The normalized spacial score (nSPS) is 24.9. The molecule has 1 fully saturated rings. The second kappa shape index (κ2) is 8.95. The van der Waals surface area contributed by atoms with Crippen molar-refractivity contribution in [2.45, 2.75) is 89.6 Å². The summed E-state index contributed by atoms with van der Waals surface area (Å²) in [5.74, 6) is -0.730. The lowest BCUT2D eigenvalue weighted by Gasteiger charge is -2.42. The molecule has 2 N–H and O–H groups in total. The van der Waals surface area contributed by atoms with E-state index in [1.54, 1.807) is 0 Å². The molecule has 0 aromatic carbocycles. The molecular weight excluding hydrogens is 308 g/mol. The molecule has 0 radical (unpaired) electrons. The predicted molar refractivity (Wildman–Crippen MR) is 96.9 cm³/mol. The standard InChI is InChI=1S/C18H38O4Si/c1-14(2)23(15(3)4,16(5)6)22-11-8-7-9-17-13-18(17,20)21-12-10-19/h14-17,19-20H,7-13H2,1-6H3/t17?,18-/m1/s1. The van der Waals surface area contributed by atoms with Gasteiger partial charge in [-0.25, -0.2) is 0 Å². The number of hydrogen-bond donors (Lipinski definition) is 2. The largest absolute Gasteiger partial charge is 0.416 e. The first-order valence-corrected chi connectivity index (χ1v) is 11.5. The fourth-order valence-corrected chi connectivity index (χ4v) is 9.76. The van der Waals surface area contributed by atoms with Gasteiger partial charge in [-0.3, -0.25) is 0 Å². The van der Waals surface area contributed by atoms with Crippen LogP contribution < -0.4 is 0 Å².